The highest BCUT2D eigenvalue weighted by Crippen LogP contribution is 2.11. The fourth-order valence-electron chi connectivity index (χ4n) is 2.28. The van der Waals surface area contributed by atoms with Gasteiger partial charge in [0, 0.05) is 26.2 Å². The molecule has 4 heteroatoms. The van der Waals surface area contributed by atoms with E-state index in [0.29, 0.717) is 0 Å². The zero-order valence-electron chi connectivity index (χ0n) is 10.4. The van der Waals surface area contributed by atoms with Crippen molar-refractivity contribution in [2.45, 2.75) is 18.9 Å². The molecule has 1 fully saturated rings. The van der Waals surface area contributed by atoms with E-state index in [1.54, 1.807) is 12.1 Å². The standard InChI is InChI=1S/C14H18FN3/c15-13-4-1-12(2-5-13)3-6-14(11-16)18-9-7-17-8-10-18/h1-2,4-5,14,17H,3,6-10H2. The molecule has 96 valence electrons. The van der Waals surface area contributed by atoms with Crippen LogP contribution in [0.2, 0.25) is 0 Å². The third-order valence-corrected chi connectivity index (χ3v) is 3.36. The van der Waals surface area contributed by atoms with Crippen LogP contribution >= 0.6 is 0 Å². The first-order valence-corrected chi connectivity index (χ1v) is 6.38. The van der Waals surface area contributed by atoms with Gasteiger partial charge in [-0.15, -0.1) is 0 Å². The minimum absolute atomic E-state index is 0.0304. The number of nitrogens with zero attached hydrogens (tertiary/aromatic N) is 2. The minimum Gasteiger partial charge on any atom is -0.314 e. The molecule has 1 heterocycles. The van der Waals surface area contributed by atoms with Gasteiger partial charge in [0.05, 0.1) is 12.1 Å². The fraction of sp³-hybridized carbons (Fsp3) is 0.500. The Balaban J connectivity index is 1.87. The molecule has 2 rings (SSSR count). The zero-order valence-corrected chi connectivity index (χ0v) is 10.4. The van der Waals surface area contributed by atoms with Crippen molar-refractivity contribution >= 4 is 0 Å². The molecule has 1 N–H and O–H groups in total. The van der Waals surface area contributed by atoms with Gasteiger partial charge in [0.25, 0.3) is 0 Å². The number of hydrogen-bond acceptors (Lipinski definition) is 3. The predicted octanol–water partition coefficient (Wildman–Crippen LogP) is 1.56. The molecular formula is C14H18FN3. The maximum Gasteiger partial charge on any atom is 0.123 e. The summed E-state index contributed by atoms with van der Waals surface area (Å²) in [4.78, 5) is 2.22. The van der Waals surface area contributed by atoms with E-state index in [2.05, 4.69) is 16.3 Å². The fourth-order valence-corrected chi connectivity index (χ4v) is 2.28. The molecule has 1 aliphatic heterocycles. The average Bonchev–Trinajstić information content (AvgIpc) is 2.43. The highest BCUT2D eigenvalue weighted by Gasteiger charge is 2.19. The maximum atomic E-state index is 12.8. The van der Waals surface area contributed by atoms with Crippen LogP contribution in [-0.2, 0) is 6.42 Å². The van der Waals surface area contributed by atoms with Gasteiger partial charge in [0.2, 0.25) is 0 Å². The third kappa shape index (κ3) is 3.52. The van der Waals surface area contributed by atoms with E-state index in [1.165, 1.54) is 12.1 Å². The highest BCUT2D eigenvalue weighted by molar-refractivity contribution is 5.16. The number of benzene rings is 1. The topological polar surface area (TPSA) is 39.1 Å². The summed E-state index contributed by atoms with van der Waals surface area (Å²) in [6.07, 6.45) is 1.63. The van der Waals surface area contributed by atoms with Crippen molar-refractivity contribution in [2.75, 3.05) is 26.2 Å². The summed E-state index contributed by atoms with van der Waals surface area (Å²) in [7, 11) is 0. The summed E-state index contributed by atoms with van der Waals surface area (Å²) in [6, 6.07) is 8.88. The molecule has 1 unspecified atom stereocenters. The Morgan fingerprint density at radius 3 is 2.56 bits per heavy atom. The van der Waals surface area contributed by atoms with Crippen LogP contribution in [0, 0.1) is 17.1 Å². The van der Waals surface area contributed by atoms with Crippen molar-refractivity contribution in [1.82, 2.24) is 10.2 Å². The van der Waals surface area contributed by atoms with Gasteiger partial charge in [0.1, 0.15) is 5.82 Å². The lowest BCUT2D eigenvalue weighted by Crippen LogP contribution is -2.48. The summed E-state index contributed by atoms with van der Waals surface area (Å²) >= 11 is 0. The van der Waals surface area contributed by atoms with Crippen LogP contribution in [0.5, 0.6) is 0 Å². The molecule has 0 saturated carbocycles. The Morgan fingerprint density at radius 2 is 1.94 bits per heavy atom. The Bertz CT molecular complexity index is 404. The lowest BCUT2D eigenvalue weighted by Gasteiger charge is -2.31. The summed E-state index contributed by atoms with van der Waals surface area (Å²) < 4.78 is 12.8. The van der Waals surface area contributed by atoms with Crippen LogP contribution in [0.25, 0.3) is 0 Å². The quantitative estimate of drug-likeness (QED) is 0.877. The second-order valence-corrected chi connectivity index (χ2v) is 4.60. The van der Waals surface area contributed by atoms with Crippen molar-refractivity contribution < 1.29 is 4.39 Å². The number of hydrogen-bond donors (Lipinski definition) is 1. The van der Waals surface area contributed by atoms with Gasteiger partial charge in [-0.2, -0.15) is 5.26 Å². The van der Waals surface area contributed by atoms with Gasteiger partial charge in [-0.3, -0.25) is 4.90 Å². The average molecular weight is 247 g/mol. The van der Waals surface area contributed by atoms with Crippen LogP contribution in [-0.4, -0.2) is 37.1 Å². The molecule has 0 spiro atoms. The SMILES string of the molecule is N#CC(CCc1ccc(F)cc1)N1CCNCC1. The normalized spacial score (nSPS) is 18.2. The second kappa shape index (κ2) is 6.48. The van der Waals surface area contributed by atoms with Gasteiger partial charge >= 0.3 is 0 Å². The number of halogens is 1. The molecule has 3 nitrogen and oxygen atoms in total. The molecular weight excluding hydrogens is 229 g/mol. The summed E-state index contributed by atoms with van der Waals surface area (Å²) in [6.45, 7) is 3.77. The minimum atomic E-state index is -0.210. The summed E-state index contributed by atoms with van der Waals surface area (Å²) in [5, 5.41) is 12.5. The first-order valence-electron chi connectivity index (χ1n) is 6.38. The van der Waals surface area contributed by atoms with Crippen molar-refractivity contribution in [3.05, 3.63) is 35.6 Å². The molecule has 0 amide bonds. The smallest absolute Gasteiger partial charge is 0.123 e. The molecule has 0 radical (unpaired) electrons. The van der Waals surface area contributed by atoms with Crippen LogP contribution in [0.15, 0.2) is 24.3 Å². The first kappa shape index (κ1) is 13.0. The molecule has 0 aliphatic carbocycles. The first-order chi connectivity index (χ1) is 8.79. The van der Waals surface area contributed by atoms with Crippen molar-refractivity contribution in [3.63, 3.8) is 0 Å². The summed E-state index contributed by atoms with van der Waals surface area (Å²) in [5.41, 5.74) is 1.09. The van der Waals surface area contributed by atoms with E-state index in [1.807, 2.05) is 0 Å². The maximum absolute atomic E-state index is 12.8. The molecule has 1 aromatic carbocycles. The number of nitriles is 1. The molecule has 1 aliphatic rings. The number of rotatable bonds is 4. The molecule has 1 saturated heterocycles. The van der Waals surface area contributed by atoms with E-state index < -0.39 is 0 Å². The lowest BCUT2D eigenvalue weighted by atomic mass is 10.0. The monoisotopic (exact) mass is 247 g/mol. The van der Waals surface area contributed by atoms with E-state index in [9.17, 15) is 9.65 Å². The largest absolute Gasteiger partial charge is 0.314 e. The van der Waals surface area contributed by atoms with Gasteiger partial charge in [-0.25, -0.2) is 4.39 Å². The Labute approximate surface area is 107 Å². The van der Waals surface area contributed by atoms with Crippen LogP contribution < -0.4 is 5.32 Å². The molecule has 1 atom stereocenters. The summed E-state index contributed by atoms with van der Waals surface area (Å²) in [5.74, 6) is -0.210. The van der Waals surface area contributed by atoms with Crippen LogP contribution in [0.4, 0.5) is 4.39 Å². The number of aryl methyl sites for hydroxylation is 1. The number of nitrogens with one attached hydrogen (secondary N) is 1. The van der Waals surface area contributed by atoms with Crippen LogP contribution in [0.1, 0.15) is 12.0 Å². The van der Waals surface area contributed by atoms with E-state index in [-0.39, 0.29) is 11.9 Å². The van der Waals surface area contributed by atoms with Gasteiger partial charge in [-0.1, -0.05) is 12.1 Å². The van der Waals surface area contributed by atoms with E-state index >= 15 is 0 Å². The predicted molar refractivity (Wildman–Crippen MR) is 68.6 cm³/mol. The second-order valence-electron chi connectivity index (χ2n) is 4.60. The van der Waals surface area contributed by atoms with E-state index in [4.69, 9.17) is 0 Å². The third-order valence-electron chi connectivity index (χ3n) is 3.36. The number of piperazine rings is 1. The zero-order chi connectivity index (χ0) is 12.8. The van der Waals surface area contributed by atoms with Gasteiger partial charge in [0.15, 0.2) is 0 Å². The highest BCUT2D eigenvalue weighted by atomic mass is 19.1. The van der Waals surface area contributed by atoms with Crippen molar-refractivity contribution in [1.29, 1.82) is 5.26 Å². The Hall–Kier alpha value is -1.44. The van der Waals surface area contributed by atoms with Gasteiger partial charge in [-0.05, 0) is 30.5 Å². The van der Waals surface area contributed by atoms with Crippen molar-refractivity contribution in [3.8, 4) is 6.07 Å². The molecule has 0 bridgehead atoms. The molecule has 1 aromatic rings. The van der Waals surface area contributed by atoms with Crippen LogP contribution in [0.3, 0.4) is 0 Å². The molecule has 0 aromatic heterocycles. The Kier molecular flexibility index (Phi) is 4.68. The lowest BCUT2D eigenvalue weighted by molar-refractivity contribution is 0.199. The van der Waals surface area contributed by atoms with Crippen molar-refractivity contribution in [2.24, 2.45) is 0 Å². The van der Waals surface area contributed by atoms with Gasteiger partial charge < -0.3 is 5.32 Å². The van der Waals surface area contributed by atoms with E-state index in [0.717, 1.165) is 44.6 Å². The molecule has 18 heavy (non-hydrogen) atoms. The Morgan fingerprint density at radius 1 is 1.28 bits per heavy atom.